The van der Waals surface area contributed by atoms with E-state index in [-0.39, 0.29) is 17.9 Å². The van der Waals surface area contributed by atoms with Crippen LogP contribution in [0.4, 0.5) is 15.0 Å². The van der Waals surface area contributed by atoms with Crippen LogP contribution in [-0.2, 0) is 0 Å². The predicted molar refractivity (Wildman–Crippen MR) is 119 cm³/mol. The van der Waals surface area contributed by atoms with Gasteiger partial charge in [-0.15, -0.1) is 0 Å². The van der Waals surface area contributed by atoms with Crippen molar-refractivity contribution in [2.24, 2.45) is 0 Å². The highest BCUT2D eigenvalue weighted by molar-refractivity contribution is 6.31. The molecule has 164 valence electrons. The Morgan fingerprint density at radius 1 is 1.35 bits per heavy atom. The number of halogens is 2. The van der Waals surface area contributed by atoms with Crippen molar-refractivity contribution in [1.29, 1.82) is 0 Å². The summed E-state index contributed by atoms with van der Waals surface area (Å²) in [6.45, 7) is 3.77. The van der Waals surface area contributed by atoms with Crippen molar-refractivity contribution in [3.8, 4) is 11.4 Å². The smallest absolute Gasteiger partial charge is 0.317 e. The van der Waals surface area contributed by atoms with Crippen molar-refractivity contribution < 1.29 is 9.18 Å². The lowest BCUT2D eigenvalue weighted by molar-refractivity contribution is 0.155. The standard InChI is InChI=1S/C21H25ClFN7O/c1-2-6-24-21(31)30-7-4-3-5-14(30)10-26-20-17(23)12-28-19(29-20)16-11-27-18-15(16)8-13(22)9-25-18/h8-9,11-12,14H,2-7,10H2,1H3,(H,24,31)(H,25,27)(H,26,28,29)/t14-/m1/s1. The van der Waals surface area contributed by atoms with Crippen LogP contribution in [0, 0.1) is 5.82 Å². The van der Waals surface area contributed by atoms with Crippen LogP contribution in [-0.4, -0.2) is 56.5 Å². The monoisotopic (exact) mass is 445 g/mol. The van der Waals surface area contributed by atoms with Crippen molar-refractivity contribution in [1.82, 2.24) is 30.2 Å². The van der Waals surface area contributed by atoms with Gasteiger partial charge in [-0.3, -0.25) is 0 Å². The van der Waals surface area contributed by atoms with Crippen LogP contribution >= 0.6 is 11.6 Å². The van der Waals surface area contributed by atoms with Gasteiger partial charge in [0, 0.05) is 43.0 Å². The molecule has 2 amide bonds. The molecule has 0 bridgehead atoms. The van der Waals surface area contributed by atoms with Gasteiger partial charge in [-0.25, -0.2) is 24.1 Å². The number of H-pyrrole nitrogens is 1. The third-order valence-corrected chi connectivity index (χ3v) is 5.61. The van der Waals surface area contributed by atoms with Crippen LogP contribution in [0.1, 0.15) is 32.6 Å². The Morgan fingerprint density at radius 3 is 3.06 bits per heavy atom. The van der Waals surface area contributed by atoms with E-state index in [0.29, 0.717) is 41.7 Å². The van der Waals surface area contributed by atoms with E-state index in [2.05, 4.69) is 30.6 Å². The van der Waals surface area contributed by atoms with Crippen molar-refractivity contribution in [2.45, 2.75) is 38.6 Å². The average Bonchev–Trinajstić information content (AvgIpc) is 3.20. The minimum absolute atomic E-state index is 0.0282. The van der Waals surface area contributed by atoms with Gasteiger partial charge >= 0.3 is 6.03 Å². The van der Waals surface area contributed by atoms with Gasteiger partial charge in [-0.1, -0.05) is 18.5 Å². The fourth-order valence-corrected chi connectivity index (χ4v) is 3.97. The first-order valence-electron chi connectivity index (χ1n) is 10.5. The maximum atomic E-state index is 14.4. The molecule has 3 aromatic heterocycles. The number of urea groups is 1. The van der Waals surface area contributed by atoms with Gasteiger partial charge in [0.25, 0.3) is 0 Å². The lowest BCUT2D eigenvalue weighted by atomic mass is 10.0. The van der Waals surface area contributed by atoms with Crippen molar-refractivity contribution in [3.63, 3.8) is 0 Å². The fourth-order valence-electron chi connectivity index (χ4n) is 3.81. The third-order valence-electron chi connectivity index (χ3n) is 5.40. The number of carbonyl (C=O) groups excluding carboxylic acids is 1. The first-order valence-corrected chi connectivity index (χ1v) is 10.9. The number of amides is 2. The highest BCUT2D eigenvalue weighted by atomic mass is 35.5. The number of anilines is 1. The maximum absolute atomic E-state index is 14.4. The molecule has 0 radical (unpaired) electrons. The molecule has 1 aliphatic heterocycles. The van der Waals surface area contributed by atoms with Crippen molar-refractivity contribution in [2.75, 3.05) is 25.0 Å². The topological polar surface area (TPSA) is 98.8 Å². The first kappa shape index (κ1) is 21.3. The van der Waals surface area contributed by atoms with Crippen LogP contribution in [0.3, 0.4) is 0 Å². The van der Waals surface area contributed by atoms with Gasteiger partial charge in [0.15, 0.2) is 17.5 Å². The molecule has 3 aromatic rings. The number of hydrogen-bond acceptors (Lipinski definition) is 5. The van der Waals surface area contributed by atoms with E-state index in [0.717, 1.165) is 37.3 Å². The van der Waals surface area contributed by atoms with Gasteiger partial charge in [0.2, 0.25) is 0 Å². The largest absolute Gasteiger partial charge is 0.365 e. The van der Waals surface area contributed by atoms with Gasteiger partial charge in [0.05, 0.1) is 17.3 Å². The lowest BCUT2D eigenvalue weighted by Crippen LogP contribution is -2.51. The van der Waals surface area contributed by atoms with Gasteiger partial charge in [0.1, 0.15) is 5.65 Å². The number of nitrogens with one attached hydrogen (secondary N) is 3. The normalized spacial score (nSPS) is 16.5. The van der Waals surface area contributed by atoms with E-state index < -0.39 is 5.82 Å². The molecule has 0 aromatic carbocycles. The lowest BCUT2D eigenvalue weighted by Gasteiger charge is -2.36. The number of hydrogen-bond donors (Lipinski definition) is 3. The number of carbonyl (C=O) groups is 1. The number of nitrogens with zero attached hydrogens (tertiary/aromatic N) is 4. The predicted octanol–water partition coefficient (Wildman–Crippen LogP) is 4.20. The molecule has 0 aliphatic carbocycles. The first-order chi connectivity index (χ1) is 15.1. The Hall–Kier alpha value is -2.94. The van der Waals surface area contributed by atoms with E-state index >= 15 is 0 Å². The minimum atomic E-state index is -0.544. The summed E-state index contributed by atoms with van der Waals surface area (Å²) >= 11 is 6.07. The van der Waals surface area contributed by atoms with Gasteiger partial charge in [-0.2, -0.15) is 0 Å². The highest BCUT2D eigenvalue weighted by Gasteiger charge is 2.26. The maximum Gasteiger partial charge on any atom is 0.317 e. The zero-order valence-corrected chi connectivity index (χ0v) is 18.0. The molecular formula is C21H25ClFN7O. The molecule has 10 heteroatoms. The number of rotatable bonds is 6. The molecule has 1 saturated heterocycles. The minimum Gasteiger partial charge on any atom is -0.365 e. The number of aromatic nitrogens is 4. The van der Waals surface area contributed by atoms with Crippen molar-refractivity contribution >= 4 is 34.5 Å². The van der Waals surface area contributed by atoms with E-state index in [1.165, 1.54) is 0 Å². The fraction of sp³-hybridized carbons (Fsp3) is 0.429. The second kappa shape index (κ2) is 9.47. The second-order valence-corrected chi connectivity index (χ2v) is 8.03. The quantitative estimate of drug-likeness (QED) is 0.528. The number of piperidine rings is 1. The van der Waals surface area contributed by atoms with Crippen LogP contribution in [0.25, 0.3) is 22.4 Å². The van der Waals surface area contributed by atoms with E-state index in [1.807, 2.05) is 11.8 Å². The van der Waals surface area contributed by atoms with Crippen LogP contribution in [0.2, 0.25) is 5.02 Å². The summed E-state index contributed by atoms with van der Waals surface area (Å²) in [7, 11) is 0. The Labute approximate surface area is 184 Å². The SMILES string of the molecule is CCCNC(=O)N1CCCC[C@@H]1CNc1nc(-c2c[nH]c3ncc(Cl)cc23)ncc1F. The molecule has 4 rings (SSSR count). The summed E-state index contributed by atoms with van der Waals surface area (Å²) in [6.07, 6.45) is 8.17. The Kier molecular flexibility index (Phi) is 6.50. The molecule has 8 nitrogen and oxygen atoms in total. The highest BCUT2D eigenvalue weighted by Crippen LogP contribution is 2.28. The van der Waals surface area contributed by atoms with Crippen LogP contribution < -0.4 is 10.6 Å². The molecule has 1 atom stereocenters. The van der Waals surface area contributed by atoms with Gasteiger partial charge in [-0.05, 0) is 31.7 Å². The van der Waals surface area contributed by atoms with E-state index in [1.54, 1.807) is 18.5 Å². The summed E-state index contributed by atoms with van der Waals surface area (Å²) in [5.41, 5.74) is 1.34. The molecule has 3 N–H and O–H groups in total. The number of likely N-dealkylation sites (tertiary alicyclic amines) is 1. The van der Waals surface area contributed by atoms with E-state index in [9.17, 15) is 9.18 Å². The van der Waals surface area contributed by atoms with Gasteiger partial charge < -0.3 is 20.5 Å². The molecule has 1 fully saturated rings. The average molecular weight is 446 g/mol. The molecule has 0 spiro atoms. The molecular weight excluding hydrogens is 421 g/mol. The Morgan fingerprint density at radius 2 is 2.23 bits per heavy atom. The summed E-state index contributed by atoms with van der Waals surface area (Å²) < 4.78 is 14.4. The van der Waals surface area contributed by atoms with Crippen LogP contribution in [0.15, 0.2) is 24.7 Å². The Bertz CT molecular complexity index is 1070. The Balaban J connectivity index is 1.52. The summed E-state index contributed by atoms with van der Waals surface area (Å²) in [5, 5.41) is 7.27. The van der Waals surface area contributed by atoms with E-state index in [4.69, 9.17) is 11.6 Å². The zero-order valence-electron chi connectivity index (χ0n) is 17.3. The van der Waals surface area contributed by atoms with Crippen molar-refractivity contribution in [3.05, 3.63) is 35.5 Å². The van der Waals surface area contributed by atoms with Crippen LogP contribution in [0.5, 0.6) is 0 Å². The summed E-state index contributed by atoms with van der Waals surface area (Å²) in [6, 6.07) is 1.67. The molecule has 1 aliphatic rings. The number of fused-ring (bicyclic) bond motifs is 1. The number of pyridine rings is 1. The zero-order chi connectivity index (χ0) is 21.8. The number of aromatic amines is 1. The third kappa shape index (κ3) is 4.71. The molecule has 31 heavy (non-hydrogen) atoms. The molecule has 0 unspecified atom stereocenters. The second-order valence-electron chi connectivity index (χ2n) is 7.60. The molecule has 0 saturated carbocycles. The summed E-state index contributed by atoms with van der Waals surface area (Å²) in [4.78, 5) is 30.1. The molecule has 4 heterocycles. The summed E-state index contributed by atoms with van der Waals surface area (Å²) in [5.74, 6) is -0.0771.